The highest BCUT2D eigenvalue weighted by Crippen LogP contribution is 2.22. The number of nitrogens with zero attached hydrogens (tertiary/aromatic N) is 1. The van der Waals surface area contributed by atoms with Gasteiger partial charge in [-0.2, -0.15) is 0 Å². The van der Waals surface area contributed by atoms with Crippen molar-refractivity contribution in [1.82, 2.24) is 4.72 Å². The van der Waals surface area contributed by atoms with Crippen molar-refractivity contribution in [2.24, 2.45) is 0 Å². The summed E-state index contributed by atoms with van der Waals surface area (Å²) >= 11 is 0. The van der Waals surface area contributed by atoms with Crippen molar-refractivity contribution in [3.8, 4) is 0 Å². The van der Waals surface area contributed by atoms with Gasteiger partial charge >= 0.3 is 0 Å². The molecule has 0 amide bonds. The van der Waals surface area contributed by atoms with Crippen LogP contribution in [0, 0.1) is 10.1 Å². The number of hydrogen-bond acceptors (Lipinski definition) is 5. The molecule has 0 aromatic heterocycles. The highest BCUT2D eigenvalue weighted by molar-refractivity contribution is 7.89. The molecule has 1 aromatic carbocycles. The van der Waals surface area contributed by atoms with Crippen molar-refractivity contribution in [3.63, 3.8) is 0 Å². The molecule has 0 spiro atoms. The van der Waals surface area contributed by atoms with Crippen LogP contribution in [0.3, 0.4) is 0 Å². The summed E-state index contributed by atoms with van der Waals surface area (Å²) in [6.45, 7) is 1.70. The lowest BCUT2D eigenvalue weighted by Crippen LogP contribution is -2.32. The van der Waals surface area contributed by atoms with Crippen LogP contribution in [0.15, 0.2) is 29.2 Å². The number of benzene rings is 1. The van der Waals surface area contributed by atoms with Gasteiger partial charge in [0.1, 0.15) is 0 Å². The Balaban J connectivity index is 2.92. The standard InChI is InChI=1S/C11H16N2O5S/c1-2-5-9(14)8-12-19(17,18)11-7-4-3-6-10(11)13(15)16/h3-4,6-7,9,12,14H,2,5,8H2,1H3. The van der Waals surface area contributed by atoms with Gasteiger partial charge in [0.25, 0.3) is 5.69 Å². The molecule has 19 heavy (non-hydrogen) atoms. The summed E-state index contributed by atoms with van der Waals surface area (Å²) in [7, 11) is -4.00. The Morgan fingerprint density at radius 3 is 2.63 bits per heavy atom. The minimum atomic E-state index is -4.00. The van der Waals surface area contributed by atoms with E-state index < -0.39 is 31.6 Å². The van der Waals surface area contributed by atoms with Crippen molar-refractivity contribution >= 4 is 15.7 Å². The van der Waals surface area contributed by atoms with Crippen LogP contribution in [0.4, 0.5) is 5.69 Å². The summed E-state index contributed by atoms with van der Waals surface area (Å²) in [4.78, 5) is 9.62. The first-order valence-corrected chi connectivity index (χ1v) is 7.28. The number of rotatable bonds is 7. The van der Waals surface area contributed by atoms with Crippen molar-refractivity contribution in [2.75, 3.05) is 6.54 Å². The molecule has 7 nitrogen and oxygen atoms in total. The van der Waals surface area contributed by atoms with E-state index in [-0.39, 0.29) is 6.54 Å². The van der Waals surface area contributed by atoms with Gasteiger partial charge in [-0.15, -0.1) is 0 Å². The monoisotopic (exact) mass is 288 g/mol. The van der Waals surface area contributed by atoms with Gasteiger partial charge in [0.05, 0.1) is 11.0 Å². The lowest BCUT2D eigenvalue weighted by Gasteiger charge is -2.11. The number of aliphatic hydroxyl groups is 1. The quantitative estimate of drug-likeness (QED) is 0.575. The molecule has 1 atom stereocenters. The first-order chi connectivity index (χ1) is 8.88. The molecule has 0 saturated carbocycles. The minimum absolute atomic E-state index is 0.164. The maximum absolute atomic E-state index is 11.9. The number of para-hydroxylation sites is 1. The second-order valence-electron chi connectivity index (χ2n) is 4.02. The largest absolute Gasteiger partial charge is 0.392 e. The van der Waals surface area contributed by atoms with Crippen LogP contribution in [0.25, 0.3) is 0 Å². The fourth-order valence-electron chi connectivity index (χ4n) is 1.55. The summed E-state index contributed by atoms with van der Waals surface area (Å²) in [6, 6.07) is 5.08. The Bertz CT molecular complexity index is 544. The summed E-state index contributed by atoms with van der Waals surface area (Å²) in [5.74, 6) is 0. The Morgan fingerprint density at radius 1 is 1.42 bits per heavy atom. The molecule has 0 aliphatic carbocycles. The lowest BCUT2D eigenvalue weighted by atomic mass is 10.2. The zero-order valence-electron chi connectivity index (χ0n) is 10.4. The van der Waals surface area contributed by atoms with E-state index in [1.807, 2.05) is 6.92 Å². The van der Waals surface area contributed by atoms with Crippen molar-refractivity contribution in [1.29, 1.82) is 0 Å². The van der Waals surface area contributed by atoms with Crippen LogP contribution in [-0.4, -0.2) is 31.1 Å². The Labute approximate surface area is 111 Å². The number of nitro groups is 1. The maximum atomic E-state index is 11.9. The van der Waals surface area contributed by atoms with E-state index in [1.165, 1.54) is 12.1 Å². The zero-order valence-corrected chi connectivity index (χ0v) is 11.3. The molecular weight excluding hydrogens is 272 g/mol. The topological polar surface area (TPSA) is 110 Å². The molecule has 1 rings (SSSR count). The summed E-state index contributed by atoms with van der Waals surface area (Å²) in [5, 5.41) is 20.3. The third-order valence-corrected chi connectivity index (χ3v) is 3.95. The molecule has 1 aromatic rings. The van der Waals surface area contributed by atoms with Crippen molar-refractivity contribution in [2.45, 2.75) is 30.8 Å². The zero-order chi connectivity index (χ0) is 14.5. The van der Waals surface area contributed by atoms with Crippen molar-refractivity contribution in [3.05, 3.63) is 34.4 Å². The van der Waals surface area contributed by atoms with Gasteiger partial charge < -0.3 is 5.11 Å². The minimum Gasteiger partial charge on any atom is -0.392 e. The highest BCUT2D eigenvalue weighted by Gasteiger charge is 2.25. The van der Waals surface area contributed by atoms with Gasteiger partial charge in [-0.1, -0.05) is 25.5 Å². The predicted octanol–water partition coefficient (Wildman–Crippen LogP) is 1.03. The molecule has 0 saturated heterocycles. The molecule has 0 radical (unpaired) electrons. The number of nitrogens with one attached hydrogen (secondary N) is 1. The van der Waals surface area contributed by atoms with E-state index in [0.717, 1.165) is 12.1 Å². The highest BCUT2D eigenvalue weighted by atomic mass is 32.2. The molecule has 0 bridgehead atoms. The molecule has 1 unspecified atom stereocenters. The molecule has 106 valence electrons. The van der Waals surface area contributed by atoms with Crippen LogP contribution >= 0.6 is 0 Å². The molecule has 8 heteroatoms. The first kappa shape index (κ1) is 15.5. The lowest BCUT2D eigenvalue weighted by molar-refractivity contribution is -0.387. The predicted molar refractivity (Wildman–Crippen MR) is 69.2 cm³/mol. The van der Waals surface area contributed by atoms with Gasteiger partial charge in [-0.25, -0.2) is 13.1 Å². The third kappa shape index (κ3) is 4.27. The number of nitro benzene ring substituents is 1. The Kier molecular flexibility index (Phi) is 5.40. The van der Waals surface area contributed by atoms with Crippen LogP contribution in [0.1, 0.15) is 19.8 Å². The van der Waals surface area contributed by atoms with Crippen LogP contribution in [-0.2, 0) is 10.0 Å². The average Bonchev–Trinajstić information content (AvgIpc) is 2.37. The van der Waals surface area contributed by atoms with Gasteiger partial charge in [-0.3, -0.25) is 10.1 Å². The fourth-order valence-corrected chi connectivity index (χ4v) is 2.80. The molecule has 0 heterocycles. The van der Waals surface area contributed by atoms with Crippen LogP contribution in [0.5, 0.6) is 0 Å². The van der Waals surface area contributed by atoms with Gasteiger partial charge in [0.15, 0.2) is 4.90 Å². The van der Waals surface area contributed by atoms with Crippen LogP contribution in [0.2, 0.25) is 0 Å². The maximum Gasteiger partial charge on any atom is 0.289 e. The summed E-state index contributed by atoms with van der Waals surface area (Å²) in [5.41, 5.74) is -0.486. The number of sulfonamides is 1. The molecule has 0 aliphatic heterocycles. The Morgan fingerprint density at radius 2 is 2.05 bits per heavy atom. The second kappa shape index (κ2) is 6.60. The van der Waals surface area contributed by atoms with Crippen molar-refractivity contribution < 1.29 is 18.4 Å². The van der Waals surface area contributed by atoms with E-state index in [9.17, 15) is 23.6 Å². The van der Waals surface area contributed by atoms with E-state index in [0.29, 0.717) is 12.8 Å². The SMILES string of the molecule is CCCC(O)CNS(=O)(=O)c1ccccc1[N+](=O)[O-]. The number of hydrogen-bond donors (Lipinski definition) is 2. The van der Waals surface area contributed by atoms with Gasteiger partial charge in [0.2, 0.25) is 10.0 Å². The second-order valence-corrected chi connectivity index (χ2v) is 5.75. The third-order valence-electron chi connectivity index (χ3n) is 2.48. The van der Waals surface area contributed by atoms with E-state index in [1.54, 1.807) is 0 Å². The van der Waals surface area contributed by atoms with Gasteiger partial charge in [-0.05, 0) is 12.5 Å². The molecule has 0 aliphatic rings. The fraction of sp³-hybridized carbons (Fsp3) is 0.455. The smallest absolute Gasteiger partial charge is 0.289 e. The summed E-state index contributed by atoms with van der Waals surface area (Å²) in [6.07, 6.45) is 0.371. The summed E-state index contributed by atoms with van der Waals surface area (Å²) < 4.78 is 26.1. The normalized spacial score (nSPS) is 13.2. The number of aliphatic hydroxyl groups excluding tert-OH is 1. The first-order valence-electron chi connectivity index (χ1n) is 5.79. The van der Waals surface area contributed by atoms with E-state index in [2.05, 4.69) is 4.72 Å². The van der Waals surface area contributed by atoms with Gasteiger partial charge in [0, 0.05) is 12.6 Å². The van der Waals surface area contributed by atoms with E-state index in [4.69, 9.17) is 0 Å². The molecular formula is C11H16N2O5S. The molecule has 2 N–H and O–H groups in total. The van der Waals surface area contributed by atoms with Crippen LogP contribution < -0.4 is 4.72 Å². The Hall–Kier alpha value is -1.51. The molecule has 0 fully saturated rings. The average molecular weight is 288 g/mol. The van der Waals surface area contributed by atoms with E-state index >= 15 is 0 Å².